The molecule has 3 atom stereocenters. The molecule has 1 aromatic rings. The van der Waals surface area contributed by atoms with Crippen LogP contribution in [0.25, 0.3) is 0 Å². The summed E-state index contributed by atoms with van der Waals surface area (Å²) < 4.78 is 5.52. The molecule has 2 heteroatoms. The van der Waals surface area contributed by atoms with Gasteiger partial charge in [-0.2, -0.15) is 0 Å². The first-order valence-corrected chi connectivity index (χ1v) is 6.33. The zero-order valence-electron chi connectivity index (χ0n) is 9.41. The van der Waals surface area contributed by atoms with Crippen LogP contribution in [-0.4, -0.2) is 6.61 Å². The van der Waals surface area contributed by atoms with E-state index in [0.29, 0.717) is 6.61 Å². The molecular weight excluding hydrogens is 198 g/mol. The van der Waals surface area contributed by atoms with Crippen molar-refractivity contribution in [3.8, 4) is 0 Å². The molecule has 0 radical (unpaired) electrons. The first-order chi connectivity index (χ1) is 7.84. The van der Waals surface area contributed by atoms with Gasteiger partial charge in [-0.3, -0.25) is 0 Å². The lowest BCUT2D eigenvalue weighted by atomic mass is 9.83. The Morgan fingerprint density at radius 3 is 2.94 bits per heavy atom. The number of nitrogens with two attached hydrogens (primary N) is 1. The van der Waals surface area contributed by atoms with Crippen LogP contribution in [0, 0.1) is 0 Å². The van der Waals surface area contributed by atoms with Crippen molar-refractivity contribution in [2.24, 2.45) is 5.73 Å². The van der Waals surface area contributed by atoms with Crippen LogP contribution in [0.4, 0.5) is 0 Å². The molecule has 2 N–H and O–H groups in total. The summed E-state index contributed by atoms with van der Waals surface area (Å²) in [5, 5.41) is 0. The molecule has 2 aliphatic carbocycles. The Morgan fingerprint density at radius 2 is 2.00 bits per heavy atom. The second-order valence-corrected chi connectivity index (χ2v) is 5.47. The molecule has 1 aliphatic heterocycles. The Bertz CT molecular complexity index is 454. The molecular formula is C14H17NO. The number of ether oxygens (including phenoxy) is 1. The van der Waals surface area contributed by atoms with Crippen LogP contribution in [0.1, 0.15) is 59.4 Å². The van der Waals surface area contributed by atoms with Crippen LogP contribution < -0.4 is 5.73 Å². The third-order valence-corrected chi connectivity index (χ3v) is 4.62. The van der Waals surface area contributed by atoms with E-state index in [1.165, 1.54) is 30.4 Å². The minimum atomic E-state index is 0.109. The maximum Gasteiger partial charge on any atom is 0.0721 e. The highest BCUT2D eigenvalue weighted by Gasteiger charge is 2.40. The Hall–Kier alpha value is -0.860. The van der Waals surface area contributed by atoms with E-state index in [4.69, 9.17) is 10.5 Å². The summed E-state index contributed by atoms with van der Waals surface area (Å²) in [5.74, 6) is 1.64. The topological polar surface area (TPSA) is 35.2 Å². The van der Waals surface area contributed by atoms with Crippen LogP contribution >= 0.6 is 0 Å². The summed E-state index contributed by atoms with van der Waals surface area (Å²) in [6.45, 7) is 1.45. The van der Waals surface area contributed by atoms with Crippen molar-refractivity contribution in [1.82, 2.24) is 0 Å². The maximum atomic E-state index is 6.23. The Kier molecular flexibility index (Phi) is 1.77. The molecule has 0 spiro atoms. The third kappa shape index (κ3) is 1.04. The molecule has 1 heterocycles. The highest BCUT2D eigenvalue weighted by molar-refractivity contribution is 5.51. The van der Waals surface area contributed by atoms with Crippen LogP contribution in [0.15, 0.2) is 12.1 Å². The lowest BCUT2D eigenvalue weighted by Gasteiger charge is -2.29. The maximum absolute atomic E-state index is 6.23. The van der Waals surface area contributed by atoms with Gasteiger partial charge in [-0.05, 0) is 53.4 Å². The molecule has 1 saturated carbocycles. The summed E-state index contributed by atoms with van der Waals surface area (Å²) in [6, 6.07) is 4.69. The molecule has 84 valence electrons. The zero-order chi connectivity index (χ0) is 10.7. The van der Waals surface area contributed by atoms with Crippen molar-refractivity contribution in [2.75, 3.05) is 6.61 Å². The Labute approximate surface area is 95.8 Å². The van der Waals surface area contributed by atoms with Gasteiger partial charge >= 0.3 is 0 Å². The van der Waals surface area contributed by atoms with E-state index in [1.807, 2.05) is 0 Å². The first-order valence-electron chi connectivity index (χ1n) is 6.33. The van der Waals surface area contributed by atoms with Crippen molar-refractivity contribution in [3.05, 3.63) is 34.4 Å². The van der Waals surface area contributed by atoms with Crippen molar-refractivity contribution in [1.29, 1.82) is 0 Å². The largest absolute Gasteiger partial charge is 0.375 e. The molecule has 0 amide bonds. The van der Waals surface area contributed by atoms with E-state index in [0.717, 1.165) is 18.4 Å². The molecule has 3 aliphatic rings. The highest BCUT2D eigenvalue weighted by atomic mass is 16.5. The van der Waals surface area contributed by atoms with E-state index in [2.05, 4.69) is 12.1 Å². The minimum Gasteiger partial charge on any atom is -0.375 e. The van der Waals surface area contributed by atoms with Gasteiger partial charge in [-0.1, -0.05) is 12.1 Å². The van der Waals surface area contributed by atoms with Gasteiger partial charge in [0.25, 0.3) is 0 Å². The van der Waals surface area contributed by atoms with E-state index in [9.17, 15) is 0 Å². The van der Waals surface area contributed by atoms with Crippen molar-refractivity contribution < 1.29 is 4.74 Å². The zero-order valence-corrected chi connectivity index (χ0v) is 9.41. The number of benzene rings is 1. The molecule has 0 unspecified atom stereocenters. The van der Waals surface area contributed by atoms with Crippen molar-refractivity contribution in [3.63, 3.8) is 0 Å². The molecule has 2 bridgehead atoms. The normalized spacial score (nSPS) is 34.9. The SMILES string of the molecule is N[C@H]1COCc2ccc3c(c21)[C@@H]1CC[C@H]3C1. The minimum absolute atomic E-state index is 0.109. The average molecular weight is 215 g/mol. The lowest BCUT2D eigenvalue weighted by molar-refractivity contribution is 0.0918. The fourth-order valence-corrected chi connectivity index (χ4v) is 3.98. The summed E-state index contributed by atoms with van der Waals surface area (Å²) in [7, 11) is 0. The predicted octanol–water partition coefficient (Wildman–Crippen LogP) is 2.58. The second kappa shape index (κ2) is 3.08. The molecule has 1 fully saturated rings. The fourth-order valence-electron chi connectivity index (χ4n) is 3.98. The molecule has 4 rings (SSSR count). The summed E-state index contributed by atoms with van der Waals surface area (Å²) >= 11 is 0. The van der Waals surface area contributed by atoms with Crippen molar-refractivity contribution >= 4 is 0 Å². The molecule has 16 heavy (non-hydrogen) atoms. The highest BCUT2D eigenvalue weighted by Crippen LogP contribution is 2.55. The van der Waals surface area contributed by atoms with Gasteiger partial charge in [0.1, 0.15) is 0 Å². The second-order valence-electron chi connectivity index (χ2n) is 5.47. The number of rotatable bonds is 0. The van der Waals surface area contributed by atoms with Crippen molar-refractivity contribution in [2.45, 2.75) is 43.7 Å². The van der Waals surface area contributed by atoms with Gasteiger partial charge in [0.2, 0.25) is 0 Å². The van der Waals surface area contributed by atoms with E-state index < -0.39 is 0 Å². The quantitative estimate of drug-likeness (QED) is 0.722. The van der Waals surface area contributed by atoms with E-state index >= 15 is 0 Å². The van der Waals surface area contributed by atoms with Crippen LogP contribution in [0.5, 0.6) is 0 Å². The van der Waals surface area contributed by atoms with Gasteiger partial charge in [0.15, 0.2) is 0 Å². The average Bonchev–Trinajstić information content (AvgIpc) is 2.89. The predicted molar refractivity (Wildman–Crippen MR) is 62.4 cm³/mol. The number of hydrogen-bond donors (Lipinski definition) is 1. The van der Waals surface area contributed by atoms with E-state index in [-0.39, 0.29) is 6.04 Å². The van der Waals surface area contributed by atoms with Gasteiger partial charge < -0.3 is 10.5 Å². The fraction of sp³-hybridized carbons (Fsp3) is 0.571. The monoisotopic (exact) mass is 215 g/mol. The Morgan fingerprint density at radius 1 is 1.12 bits per heavy atom. The van der Waals surface area contributed by atoms with Gasteiger partial charge in [0.05, 0.1) is 19.3 Å². The van der Waals surface area contributed by atoms with E-state index in [1.54, 1.807) is 11.1 Å². The third-order valence-electron chi connectivity index (χ3n) is 4.62. The summed E-state index contributed by atoms with van der Waals surface area (Å²) in [4.78, 5) is 0. The van der Waals surface area contributed by atoms with Gasteiger partial charge in [0, 0.05) is 0 Å². The number of hydrogen-bond acceptors (Lipinski definition) is 2. The molecule has 2 nitrogen and oxygen atoms in total. The standard InChI is InChI=1S/C14H17NO/c15-12-7-16-6-10-3-4-11-8-1-2-9(5-8)13(11)14(10)12/h3-4,8-9,12H,1-2,5-7,15H2/t8-,9+,12-/m0/s1. The first kappa shape index (κ1) is 9.20. The number of fused-ring (bicyclic) bond motifs is 7. The lowest BCUT2D eigenvalue weighted by Crippen LogP contribution is -2.26. The van der Waals surface area contributed by atoms with Crippen LogP contribution in [-0.2, 0) is 11.3 Å². The van der Waals surface area contributed by atoms with Crippen LogP contribution in [0.2, 0.25) is 0 Å². The summed E-state index contributed by atoms with van der Waals surface area (Å²) in [6.07, 6.45) is 4.14. The van der Waals surface area contributed by atoms with Gasteiger partial charge in [-0.25, -0.2) is 0 Å². The van der Waals surface area contributed by atoms with Gasteiger partial charge in [-0.15, -0.1) is 0 Å². The summed E-state index contributed by atoms with van der Waals surface area (Å²) in [5.41, 5.74) is 12.2. The smallest absolute Gasteiger partial charge is 0.0721 e. The molecule has 1 aromatic carbocycles. The van der Waals surface area contributed by atoms with Crippen LogP contribution in [0.3, 0.4) is 0 Å². The molecule has 0 saturated heterocycles. The molecule has 0 aromatic heterocycles. The Balaban J connectivity index is 1.96.